The van der Waals surface area contributed by atoms with E-state index in [1.165, 1.54) is 24.0 Å². The highest BCUT2D eigenvalue weighted by Crippen LogP contribution is 2.30. The van der Waals surface area contributed by atoms with Gasteiger partial charge in [0.25, 0.3) is 0 Å². The number of ether oxygens (including phenoxy) is 1. The summed E-state index contributed by atoms with van der Waals surface area (Å²) in [4.78, 5) is 0. The van der Waals surface area contributed by atoms with Gasteiger partial charge in [0.15, 0.2) is 0 Å². The predicted molar refractivity (Wildman–Crippen MR) is 66.3 cm³/mol. The lowest BCUT2D eigenvalue weighted by Crippen LogP contribution is -2.22. The normalized spacial score (nSPS) is 23.0. The highest BCUT2D eigenvalue weighted by Gasteiger charge is 2.21. The van der Waals surface area contributed by atoms with Crippen molar-refractivity contribution in [2.24, 2.45) is 11.7 Å². The monoisotopic (exact) mass is 219 g/mol. The molecule has 2 N–H and O–H groups in total. The molecule has 0 aromatic heterocycles. The molecule has 0 spiro atoms. The fourth-order valence-electron chi connectivity index (χ4n) is 2.39. The SMILES string of the molecule is CC(c1ccc(CN)cc1)C1CCCOC1. The van der Waals surface area contributed by atoms with Gasteiger partial charge in [-0.1, -0.05) is 31.2 Å². The van der Waals surface area contributed by atoms with Crippen LogP contribution in [0, 0.1) is 5.92 Å². The minimum atomic E-state index is 0.590. The molecule has 1 aromatic rings. The molecule has 1 saturated heterocycles. The lowest BCUT2D eigenvalue weighted by atomic mass is 9.84. The molecular formula is C14H21NO. The Labute approximate surface area is 97.8 Å². The average molecular weight is 219 g/mol. The van der Waals surface area contributed by atoms with E-state index < -0.39 is 0 Å². The maximum Gasteiger partial charge on any atom is 0.0500 e. The van der Waals surface area contributed by atoms with Crippen LogP contribution in [-0.4, -0.2) is 13.2 Å². The molecule has 2 rings (SSSR count). The Kier molecular flexibility index (Phi) is 3.97. The Balaban J connectivity index is 2.04. The number of rotatable bonds is 3. The van der Waals surface area contributed by atoms with E-state index in [0.717, 1.165) is 13.2 Å². The van der Waals surface area contributed by atoms with E-state index >= 15 is 0 Å². The largest absolute Gasteiger partial charge is 0.381 e. The molecule has 2 unspecified atom stereocenters. The second kappa shape index (κ2) is 5.46. The van der Waals surface area contributed by atoms with E-state index in [-0.39, 0.29) is 0 Å². The van der Waals surface area contributed by atoms with Crippen molar-refractivity contribution in [3.8, 4) is 0 Å². The van der Waals surface area contributed by atoms with Crippen LogP contribution in [0.3, 0.4) is 0 Å². The molecule has 1 fully saturated rings. The van der Waals surface area contributed by atoms with Crippen molar-refractivity contribution in [3.63, 3.8) is 0 Å². The molecule has 2 atom stereocenters. The Morgan fingerprint density at radius 1 is 1.38 bits per heavy atom. The molecule has 0 amide bonds. The topological polar surface area (TPSA) is 35.2 Å². The van der Waals surface area contributed by atoms with Crippen molar-refractivity contribution in [2.45, 2.75) is 32.2 Å². The van der Waals surface area contributed by atoms with E-state index in [4.69, 9.17) is 10.5 Å². The summed E-state index contributed by atoms with van der Waals surface area (Å²) in [5, 5.41) is 0. The summed E-state index contributed by atoms with van der Waals surface area (Å²) >= 11 is 0. The maximum absolute atomic E-state index is 5.60. The van der Waals surface area contributed by atoms with E-state index in [0.29, 0.717) is 18.4 Å². The third kappa shape index (κ3) is 2.63. The van der Waals surface area contributed by atoms with Crippen molar-refractivity contribution < 1.29 is 4.74 Å². The summed E-state index contributed by atoms with van der Waals surface area (Å²) in [6.45, 7) is 4.78. The van der Waals surface area contributed by atoms with Gasteiger partial charge in [0.1, 0.15) is 0 Å². The standard InChI is InChI=1S/C14H21NO/c1-11(14-3-2-8-16-10-14)13-6-4-12(9-15)5-7-13/h4-7,11,14H,2-3,8-10,15H2,1H3. The predicted octanol–water partition coefficient (Wildman–Crippen LogP) is 2.68. The number of benzene rings is 1. The van der Waals surface area contributed by atoms with Gasteiger partial charge in [-0.3, -0.25) is 0 Å². The summed E-state index contributed by atoms with van der Waals surface area (Å²) in [6, 6.07) is 8.69. The number of hydrogen-bond donors (Lipinski definition) is 1. The first kappa shape index (κ1) is 11.6. The Morgan fingerprint density at radius 3 is 2.69 bits per heavy atom. The number of nitrogens with two attached hydrogens (primary N) is 1. The molecule has 16 heavy (non-hydrogen) atoms. The third-order valence-corrected chi connectivity index (χ3v) is 3.64. The second-order valence-electron chi connectivity index (χ2n) is 4.71. The summed E-state index contributed by atoms with van der Waals surface area (Å²) < 4.78 is 5.55. The van der Waals surface area contributed by atoms with Crippen molar-refractivity contribution in [1.29, 1.82) is 0 Å². The zero-order valence-electron chi connectivity index (χ0n) is 9.99. The van der Waals surface area contributed by atoms with Gasteiger partial charge < -0.3 is 10.5 Å². The van der Waals surface area contributed by atoms with Crippen LogP contribution in [0.15, 0.2) is 24.3 Å². The second-order valence-corrected chi connectivity index (χ2v) is 4.71. The van der Waals surface area contributed by atoms with E-state index in [1.807, 2.05) is 0 Å². The van der Waals surface area contributed by atoms with Gasteiger partial charge >= 0.3 is 0 Å². The first-order valence-corrected chi connectivity index (χ1v) is 6.18. The fraction of sp³-hybridized carbons (Fsp3) is 0.571. The Morgan fingerprint density at radius 2 is 2.12 bits per heavy atom. The lowest BCUT2D eigenvalue weighted by molar-refractivity contribution is 0.0463. The fourth-order valence-corrected chi connectivity index (χ4v) is 2.39. The van der Waals surface area contributed by atoms with E-state index in [2.05, 4.69) is 31.2 Å². The van der Waals surface area contributed by atoms with Crippen LogP contribution in [-0.2, 0) is 11.3 Å². The molecule has 0 saturated carbocycles. The van der Waals surface area contributed by atoms with E-state index in [1.54, 1.807) is 0 Å². The minimum absolute atomic E-state index is 0.590. The van der Waals surface area contributed by atoms with Gasteiger partial charge in [0, 0.05) is 19.8 Å². The Bertz CT molecular complexity index is 314. The van der Waals surface area contributed by atoms with Crippen molar-refractivity contribution in [3.05, 3.63) is 35.4 Å². The molecule has 0 radical (unpaired) electrons. The van der Waals surface area contributed by atoms with Crippen LogP contribution >= 0.6 is 0 Å². The summed E-state index contributed by atoms with van der Waals surface area (Å²) in [6.07, 6.45) is 2.50. The van der Waals surface area contributed by atoms with Gasteiger partial charge in [-0.25, -0.2) is 0 Å². The molecule has 0 aliphatic carbocycles. The maximum atomic E-state index is 5.60. The molecule has 1 aromatic carbocycles. The van der Waals surface area contributed by atoms with Gasteiger partial charge in [0.05, 0.1) is 0 Å². The van der Waals surface area contributed by atoms with E-state index in [9.17, 15) is 0 Å². The highest BCUT2D eigenvalue weighted by molar-refractivity contribution is 5.25. The van der Waals surface area contributed by atoms with Gasteiger partial charge in [-0.15, -0.1) is 0 Å². The van der Waals surface area contributed by atoms with Crippen LogP contribution in [0.5, 0.6) is 0 Å². The van der Waals surface area contributed by atoms with Crippen molar-refractivity contribution in [2.75, 3.05) is 13.2 Å². The van der Waals surface area contributed by atoms with Crippen LogP contribution in [0.25, 0.3) is 0 Å². The molecule has 0 bridgehead atoms. The molecule has 1 heterocycles. The zero-order chi connectivity index (χ0) is 11.4. The first-order valence-electron chi connectivity index (χ1n) is 6.18. The average Bonchev–Trinajstić information content (AvgIpc) is 2.39. The first-order chi connectivity index (χ1) is 7.81. The smallest absolute Gasteiger partial charge is 0.0500 e. The quantitative estimate of drug-likeness (QED) is 0.848. The number of hydrogen-bond acceptors (Lipinski definition) is 2. The highest BCUT2D eigenvalue weighted by atomic mass is 16.5. The van der Waals surface area contributed by atoms with Crippen LogP contribution < -0.4 is 5.73 Å². The molecular weight excluding hydrogens is 198 g/mol. The van der Waals surface area contributed by atoms with Crippen LogP contribution in [0.2, 0.25) is 0 Å². The molecule has 2 nitrogen and oxygen atoms in total. The Hall–Kier alpha value is -0.860. The summed E-state index contributed by atoms with van der Waals surface area (Å²) in [5.41, 5.74) is 8.21. The van der Waals surface area contributed by atoms with Crippen LogP contribution in [0.1, 0.15) is 36.8 Å². The van der Waals surface area contributed by atoms with Crippen molar-refractivity contribution in [1.82, 2.24) is 0 Å². The van der Waals surface area contributed by atoms with Gasteiger partial charge in [0.2, 0.25) is 0 Å². The summed E-state index contributed by atoms with van der Waals surface area (Å²) in [5.74, 6) is 1.27. The lowest BCUT2D eigenvalue weighted by Gasteiger charge is -2.28. The zero-order valence-corrected chi connectivity index (χ0v) is 9.99. The molecule has 1 aliphatic rings. The van der Waals surface area contributed by atoms with Crippen LogP contribution in [0.4, 0.5) is 0 Å². The minimum Gasteiger partial charge on any atom is -0.381 e. The third-order valence-electron chi connectivity index (χ3n) is 3.64. The molecule has 88 valence electrons. The molecule has 2 heteroatoms. The summed E-state index contributed by atoms with van der Waals surface area (Å²) in [7, 11) is 0. The van der Waals surface area contributed by atoms with Crippen molar-refractivity contribution >= 4 is 0 Å². The van der Waals surface area contributed by atoms with Gasteiger partial charge in [-0.05, 0) is 35.8 Å². The van der Waals surface area contributed by atoms with Gasteiger partial charge in [-0.2, -0.15) is 0 Å². The molecule has 1 aliphatic heterocycles.